The number of aromatic nitrogens is 1. The van der Waals surface area contributed by atoms with Gasteiger partial charge in [0.1, 0.15) is 12.1 Å². The van der Waals surface area contributed by atoms with E-state index < -0.39 is 6.04 Å². The van der Waals surface area contributed by atoms with E-state index in [0.717, 1.165) is 42.3 Å². The van der Waals surface area contributed by atoms with Crippen LogP contribution in [0, 0.1) is 5.92 Å². The first-order valence-electron chi connectivity index (χ1n) is 12.4. The predicted molar refractivity (Wildman–Crippen MR) is 138 cm³/mol. The summed E-state index contributed by atoms with van der Waals surface area (Å²) < 4.78 is 18.6. The minimum Gasteiger partial charge on any atom is -0.493 e. The van der Waals surface area contributed by atoms with E-state index in [9.17, 15) is 9.59 Å². The Labute approximate surface area is 213 Å². The summed E-state index contributed by atoms with van der Waals surface area (Å²) in [6, 6.07) is 11.0. The number of rotatable bonds is 5. The van der Waals surface area contributed by atoms with Crippen LogP contribution in [0.5, 0.6) is 11.5 Å². The van der Waals surface area contributed by atoms with Gasteiger partial charge in [-0.2, -0.15) is 0 Å². The van der Waals surface area contributed by atoms with Crippen LogP contribution in [-0.4, -0.2) is 37.0 Å². The molecule has 6 rings (SSSR count). The standard InChI is InChI=1S/C28H28N2O5S/c1-4-15-12-13-18-21(14-15)36-28(29-18)30-23(17-9-7-11-20(33-2)25(17)34-3)22-24(31)16-8-5-6-10-19(16)35-26(22)27(30)32/h7,9,11-14,16,19,23H,4-6,8,10H2,1-3H3. The van der Waals surface area contributed by atoms with Gasteiger partial charge in [-0.15, -0.1) is 0 Å². The van der Waals surface area contributed by atoms with Crippen molar-refractivity contribution < 1.29 is 23.8 Å². The molecule has 1 aliphatic carbocycles. The number of ether oxygens (including phenoxy) is 3. The number of carbonyl (C=O) groups is 2. The molecule has 3 atom stereocenters. The fourth-order valence-corrected chi connectivity index (χ4v) is 6.80. The van der Waals surface area contributed by atoms with Gasteiger partial charge in [-0.1, -0.05) is 42.9 Å². The quantitative estimate of drug-likeness (QED) is 0.465. The highest BCUT2D eigenvalue weighted by molar-refractivity contribution is 7.22. The van der Waals surface area contributed by atoms with Gasteiger partial charge >= 0.3 is 0 Å². The molecule has 0 bridgehead atoms. The first-order chi connectivity index (χ1) is 17.5. The second-order valence-corrected chi connectivity index (χ2v) is 10.5. The molecule has 2 aromatic carbocycles. The molecule has 1 aromatic heterocycles. The third kappa shape index (κ3) is 3.42. The van der Waals surface area contributed by atoms with E-state index in [2.05, 4.69) is 19.1 Å². The molecule has 8 heteroatoms. The topological polar surface area (TPSA) is 78.0 Å². The SMILES string of the molecule is CCc1ccc2nc(N3C(=O)C4=C(C(=O)C5CCCCC5O4)C3c3cccc(OC)c3OC)sc2c1. The lowest BCUT2D eigenvalue weighted by molar-refractivity contribution is -0.131. The number of carbonyl (C=O) groups excluding carboxylic acids is 2. The number of nitrogens with zero attached hydrogens (tertiary/aromatic N) is 2. The van der Waals surface area contributed by atoms with E-state index in [-0.39, 0.29) is 29.5 Å². The number of aryl methyl sites for hydroxylation is 1. The summed E-state index contributed by atoms with van der Waals surface area (Å²) in [5.41, 5.74) is 3.11. The van der Waals surface area contributed by atoms with Gasteiger partial charge in [0.15, 0.2) is 28.2 Å². The van der Waals surface area contributed by atoms with Gasteiger partial charge in [0, 0.05) is 5.56 Å². The molecule has 3 aliphatic rings. The zero-order chi connectivity index (χ0) is 25.0. The van der Waals surface area contributed by atoms with E-state index in [0.29, 0.717) is 27.8 Å². The number of hydrogen-bond acceptors (Lipinski definition) is 7. The molecule has 3 aromatic rings. The van der Waals surface area contributed by atoms with Gasteiger partial charge in [0.2, 0.25) is 0 Å². The highest BCUT2D eigenvalue weighted by Gasteiger charge is 2.53. The van der Waals surface area contributed by atoms with E-state index in [1.54, 1.807) is 25.2 Å². The van der Waals surface area contributed by atoms with Crippen LogP contribution in [0.2, 0.25) is 0 Å². The zero-order valence-electron chi connectivity index (χ0n) is 20.6. The Morgan fingerprint density at radius 2 is 1.94 bits per heavy atom. The fraction of sp³-hybridized carbons (Fsp3) is 0.393. The molecule has 36 heavy (non-hydrogen) atoms. The average molecular weight is 505 g/mol. The molecule has 1 amide bonds. The van der Waals surface area contributed by atoms with Crippen LogP contribution < -0.4 is 14.4 Å². The number of methoxy groups -OCH3 is 2. The van der Waals surface area contributed by atoms with Gasteiger partial charge in [-0.25, -0.2) is 4.98 Å². The van der Waals surface area contributed by atoms with Crippen molar-refractivity contribution in [1.82, 2.24) is 4.98 Å². The lowest BCUT2D eigenvalue weighted by Crippen LogP contribution is -2.39. The number of anilines is 1. The molecule has 3 unspecified atom stereocenters. The Hall–Kier alpha value is -3.39. The monoisotopic (exact) mass is 504 g/mol. The van der Waals surface area contributed by atoms with Crippen molar-refractivity contribution in [3.63, 3.8) is 0 Å². The maximum absolute atomic E-state index is 14.0. The number of thiazole rings is 1. The smallest absolute Gasteiger partial charge is 0.296 e. The molecule has 186 valence electrons. The number of ketones is 1. The summed E-state index contributed by atoms with van der Waals surface area (Å²) >= 11 is 1.45. The normalized spacial score (nSPS) is 23.5. The second-order valence-electron chi connectivity index (χ2n) is 9.47. The molecule has 0 spiro atoms. The van der Waals surface area contributed by atoms with Gasteiger partial charge in [0.25, 0.3) is 5.91 Å². The van der Waals surface area contributed by atoms with Crippen molar-refractivity contribution in [2.45, 2.75) is 51.2 Å². The summed E-state index contributed by atoms with van der Waals surface area (Å²) in [6.45, 7) is 2.11. The van der Waals surface area contributed by atoms with Crippen LogP contribution in [0.3, 0.4) is 0 Å². The molecule has 0 saturated heterocycles. The molecule has 7 nitrogen and oxygen atoms in total. The average Bonchev–Trinajstić information content (AvgIpc) is 3.46. The van der Waals surface area contributed by atoms with Crippen LogP contribution in [0.15, 0.2) is 47.7 Å². The van der Waals surface area contributed by atoms with Crippen molar-refractivity contribution in [3.8, 4) is 11.5 Å². The zero-order valence-corrected chi connectivity index (χ0v) is 21.4. The van der Waals surface area contributed by atoms with Gasteiger partial charge in [0.05, 0.1) is 35.9 Å². The summed E-state index contributed by atoms with van der Waals surface area (Å²) in [7, 11) is 3.14. The highest BCUT2D eigenvalue weighted by atomic mass is 32.1. The molecule has 0 radical (unpaired) electrons. The highest BCUT2D eigenvalue weighted by Crippen LogP contribution is 2.52. The van der Waals surface area contributed by atoms with E-state index >= 15 is 0 Å². The predicted octanol–water partition coefficient (Wildman–Crippen LogP) is 5.38. The number of benzene rings is 2. The molecule has 2 aliphatic heterocycles. The Bertz CT molecular complexity index is 1410. The van der Waals surface area contributed by atoms with Gasteiger partial charge < -0.3 is 14.2 Å². The lowest BCUT2D eigenvalue weighted by Gasteiger charge is -2.35. The van der Waals surface area contributed by atoms with E-state index in [1.807, 2.05) is 18.2 Å². The van der Waals surface area contributed by atoms with Gasteiger partial charge in [-0.05, 0) is 49.4 Å². The maximum atomic E-state index is 14.0. The number of fused-ring (bicyclic) bond motifs is 2. The van der Waals surface area contributed by atoms with Crippen LogP contribution >= 0.6 is 11.3 Å². The fourth-order valence-electron chi connectivity index (χ4n) is 5.74. The Kier molecular flexibility index (Phi) is 5.71. The largest absolute Gasteiger partial charge is 0.493 e. The minimum atomic E-state index is -0.709. The molecule has 0 N–H and O–H groups in total. The van der Waals surface area contributed by atoms with Crippen molar-refractivity contribution in [3.05, 3.63) is 58.9 Å². The number of amides is 1. The first kappa shape index (κ1) is 23.0. The van der Waals surface area contributed by atoms with Crippen LogP contribution in [0.4, 0.5) is 5.13 Å². The molecular weight excluding hydrogens is 476 g/mol. The van der Waals surface area contributed by atoms with Crippen molar-refractivity contribution in [2.75, 3.05) is 19.1 Å². The van der Waals surface area contributed by atoms with Gasteiger partial charge in [-0.3, -0.25) is 14.5 Å². The Balaban J connectivity index is 1.55. The molecule has 1 fully saturated rings. The summed E-state index contributed by atoms with van der Waals surface area (Å²) in [5, 5.41) is 0.534. The first-order valence-corrected chi connectivity index (χ1v) is 13.3. The molecular formula is C28H28N2O5S. The third-order valence-electron chi connectivity index (χ3n) is 7.55. The Morgan fingerprint density at radius 3 is 2.72 bits per heavy atom. The van der Waals surface area contributed by atoms with Crippen LogP contribution in [0.1, 0.15) is 49.8 Å². The van der Waals surface area contributed by atoms with Crippen LogP contribution in [-0.2, 0) is 20.7 Å². The molecule has 1 saturated carbocycles. The summed E-state index contributed by atoms with van der Waals surface area (Å²) in [4.78, 5) is 34.4. The number of hydrogen-bond donors (Lipinski definition) is 0. The third-order valence-corrected chi connectivity index (χ3v) is 8.56. The number of Topliss-reactive ketones (excluding diaryl/α,β-unsaturated/α-hetero) is 1. The summed E-state index contributed by atoms with van der Waals surface area (Å²) in [6.07, 6.45) is 4.22. The van der Waals surface area contributed by atoms with Crippen molar-refractivity contribution in [1.29, 1.82) is 0 Å². The summed E-state index contributed by atoms with van der Waals surface area (Å²) in [5.74, 6) is 0.629. The maximum Gasteiger partial charge on any atom is 0.296 e. The van der Waals surface area contributed by atoms with Crippen molar-refractivity contribution in [2.24, 2.45) is 5.92 Å². The second kappa shape index (κ2) is 8.92. The Morgan fingerprint density at radius 1 is 1.11 bits per heavy atom. The lowest BCUT2D eigenvalue weighted by atomic mass is 9.77. The van der Waals surface area contributed by atoms with E-state index in [4.69, 9.17) is 19.2 Å². The number of para-hydroxylation sites is 1. The molecule has 3 heterocycles. The van der Waals surface area contributed by atoms with E-state index in [1.165, 1.54) is 16.9 Å². The van der Waals surface area contributed by atoms with Crippen LogP contribution in [0.25, 0.3) is 10.2 Å². The van der Waals surface area contributed by atoms with Crippen molar-refractivity contribution >= 4 is 38.4 Å². The minimum absolute atomic E-state index is 0.000975.